The minimum atomic E-state index is -0.485. The molecule has 0 radical (unpaired) electrons. The lowest BCUT2D eigenvalue weighted by Gasteiger charge is -2.25. The predicted molar refractivity (Wildman–Crippen MR) is 72.8 cm³/mol. The van der Waals surface area contributed by atoms with Crippen LogP contribution in [0.4, 0.5) is 0 Å². The summed E-state index contributed by atoms with van der Waals surface area (Å²) in [7, 11) is 1.67. The molecule has 1 fully saturated rings. The summed E-state index contributed by atoms with van der Waals surface area (Å²) in [6.45, 7) is 2.81. The van der Waals surface area contributed by atoms with Crippen LogP contribution in [0.15, 0.2) is 24.3 Å². The molecule has 0 bridgehead atoms. The molecule has 0 aliphatic heterocycles. The second-order valence-corrected chi connectivity index (χ2v) is 5.31. The molecule has 2 rings (SSSR count). The summed E-state index contributed by atoms with van der Waals surface area (Å²) >= 11 is 0. The molecule has 1 aliphatic rings. The zero-order chi connectivity index (χ0) is 13.0. The van der Waals surface area contributed by atoms with Crippen molar-refractivity contribution in [2.45, 2.75) is 44.2 Å². The van der Waals surface area contributed by atoms with Gasteiger partial charge in [-0.15, -0.1) is 0 Å². The van der Waals surface area contributed by atoms with E-state index in [1.165, 1.54) is 5.56 Å². The van der Waals surface area contributed by atoms with Crippen molar-refractivity contribution in [3.8, 4) is 5.75 Å². The highest BCUT2D eigenvalue weighted by atomic mass is 16.5. The molecule has 0 saturated heterocycles. The number of hydrogen-bond donors (Lipinski definition) is 2. The number of nitrogens with one attached hydrogen (secondary N) is 1. The Hall–Kier alpha value is -1.06. The molecule has 1 atom stereocenters. The van der Waals surface area contributed by atoms with Crippen molar-refractivity contribution in [3.63, 3.8) is 0 Å². The third-order valence-electron chi connectivity index (χ3n) is 3.89. The zero-order valence-electron chi connectivity index (χ0n) is 11.3. The van der Waals surface area contributed by atoms with Crippen molar-refractivity contribution in [2.75, 3.05) is 13.7 Å². The largest absolute Gasteiger partial charge is 0.497 e. The Kier molecular flexibility index (Phi) is 4.25. The number of aliphatic hydroxyl groups is 1. The zero-order valence-corrected chi connectivity index (χ0v) is 11.3. The highest BCUT2D eigenvalue weighted by molar-refractivity contribution is 5.28. The minimum Gasteiger partial charge on any atom is -0.497 e. The molecule has 18 heavy (non-hydrogen) atoms. The van der Waals surface area contributed by atoms with Gasteiger partial charge in [-0.2, -0.15) is 0 Å². The lowest BCUT2D eigenvalue weighted by molar-refractivity contribution is 0.0453. The number of rotatable bonds is 5. The summed E-state index contributed by atoms with van der Waals surface area (Å²) in [5.74, 6) is 0.875. The summed E-state index contributed by atoms with van der Waals surface area (Å²) in [4.78, 5) is 0. The fourth-order valence-electron chi connectivity index (χ4n) is 2.56. The summed E-state index contributed by atoms with van der Waals surface area (Å²) in [5.41, 5.74) is 0.734. The van der Waals surface area contributed by atoms with Crippen LogP contribution >= 0.6 is 0 Å². The molecule has 1 saturated carbocycles. The van der Waals surface area contributed by atoms with E-state index in [1.54, 1.807) is 7.11 Å². The van der Waals surface area contributed by atoms with E-state index in [9.17, 15) is 5.11 Å². The number of benzene rings is 1. The van der Waals surface area contributed by atoms with Gasteiger partial charge in [-0.05, 0) is 37.5 Å². The van der Waals surface area contributed by atoms with Crippen LogP contribution in [-0.2, 0) is 0 Å². The minimum absolute atomic E-state index is 0.250. The van der Waals surface area contributed by atoms with Crippen LogP contribution < -0.4 is 10.1 Å². The van der Waals surface area contributed by atoms with Crippen LogP contribution in [0.1, 0.15) is 44.2 Å². The van der Waals surface area contributed by atoms with Gasteiger partial charge in [-0.3, -0.25) is 0 Å². The van der Waals surface area contributed by atoms with Gasteiger partial charge in [0.1, 0.15) is 5.75 Å². The molecular formula is C15H23NO2. The molecular weight excluding hydrogens is 226 g/mol. The summed E-state index contributed by atoms with van der Waals surface area (Å²) in [6.07, 6.45) is 4.15. The molecule has 3 nitrogen and oxygen atoms in total. The molecule has 0 heterocycles. The van der Waals surface area contributed by atoms with E-state index in [4.69, 9.17) is 4.74 Å². The first-order chi connectivity index (χ1) is 8.63. The molecule has 100 valence electrons. The number of ether oxygens (including phenoxy) is 1. The molecule has 3 heteroatoms. The Morgan fingerprint density at radius 1 is 1.28 bits per heavy atom. The van der Waals surface area contributed by atoms with E-state index in [2.05, 4.69) is 24.4 Å². The van der Waals surface area contributed by atoms with E-state index in [1.807, 2.05) is 12.1 Å². The summed E-state index contributed by atoms with van der Waals surface area (Å²) < 4.78 is 5.15. The molecule has 1 aliphatic carbocycles. The molecule has 0 aromatic heterocycles. The Morgan fingerprint density at radius 3 is 2.44 bits per heavy atom. The van der Waals surface area contributed by atoms with Gasteiger partial charge in [0.15, 0.2) is 0 Å². The van der Waals surface area contributed by atoms with Gasteiger partial charge in [0.2, 0.25) is 0 Å². The Balaban J connectivity index is 1.88. The van der Waals surface area contributed by atoms with Crippen LogP contribution in [-0.4, -0.2) is 24.4 Å². The maximum atomic E-state index is 10.3. The maximum Gasteiger partial charge on any atom is 0.118 e. The van der Waals surface area contributed by atoms with Crippen LogP contribution in [0.5, 0.6) is 5.75 Å². The first kappa shape index (κ1) is 13.4. The highest BCUT2D eigenvalue weighted by Crippen LogP contribution is 2.29. The first-order valence-corrected chi connectivity index (χ1v) is 6.73. The van der Waals surface area contributed by atoms with Crippen LogP contribution in [0.25, 0.3) is 0 Å². The fourth-order valence-corrected chi connectivity index (χ4v) is 2.56. The van der Waals surface area contributed by atoms with Crippen molar-refractivity contribution in [1.29, 1.82) is 0 Å². The summed E-state index contributed by atoms with van der Waals surface area (Å²) in [5, 5.41) is 13.7. The van der Waals surface area contributed by atoms with Crippen molar-refractivity contribution >= 4 is 0 Å². The maximum absolute atomic E-state index is 10.3. The lowest BCUT2D eigenvalue weighted by Crippen LogP contribution is -2.39. The average Bonchev–Trinajstić information content (AvgIpc) is 2.83. The predicted octanol–water partition coefficient (Wildman–Crippen LogP) is 2.65. The third-order valence-corrected chi connectivity index (χ3v) is 3.89. The Bertz CT molecular complexity index is 369. The molecule has 0 spiro atoms. The van der Waals surface area contributed by atoms with E-state index in [0.717, 1.165) is 31.4 Å². The van der Waals surface area contributed by atoms with Crippen molar-refractivity contribution < 1.29 is 9.84 Å². The van der Waals surface area contributed by atoms with Crippen molar-refractivity contribution in [1.82, 2.24) is 5.32 Å². The second kappa shape index (κ2) is 5.72. The van der Waals surface area contributed by atoms with Gasteiger partial charge in [0.25, 0.3) is 0 Å². The SMILES string of the molecule is COc1ccc([C@@H](C)NCC2(O)CCCC2)cc1. The number of hydrogen-bond acceptors (Lipinski definition) is 3. The number of methoxy groups -OCH3 is 1. The van der Waals surface area contributed by atoms with E-state index in [0.29, 0.717) is 6.54 Å². The van der Waals surface area contributed by atoms with Gasteiger partial charge < -0.3 is 15.2 Å². The van der Waals surface area contributed by atoms with Crippen LogP contribution in [0.3, 0.4) is 0 Å². The molecule has 1 aromatic carbocycles. The molecule has 2 N–H and O–H groups in total. The monoisotopic (exact) mass is 249 g/mol. The standard InChI is InChI=1S/C15H23NO2/c1-12(13-5-7-14(18-2)8-6-13)16-11-15(17)9-3-4-10-15/h5-8,12,16-17H,3-4,9-11H2,1-2H3/t12-/m1/s1. The van der Waals surface area contributed by atoms with Gasteiger partial charge in [-0.1, -0.05) is 25.0 Å². The topological polar surface area (TPSA) is 41.5 Å². The van der Waals surface area contributed by atoms with Gasteiger partial charge >= 0.3 is 0 Å². The van der Waals surface area contributed by atoms with E-state index >= 15 is 0 Å². The fraction of sp³-hybridized carbons (Fsp3) is 0.600. The third kappa shape index (κ3) is 3.24. The van der Waals surface area contributed by atoms with Crippen LogP contribution in [0, 0.1) is 0 Å². The molecule has 1 aromatic rings. The van der Waals surface area contributed by atoms with E-state index in [-0.39, 0.29) is 6.04 Å². The van der Waals surface area contributed by atoms with E-state index < -0.39 is 5.60 Å². The lowest BCUT2D eigenvalue weighted by atomic mass is 10.0. The van der Waals surface area contributed by atoms with Gasteiger partial charge in [0.05, 0.1) is 12.7 Å². The first-order valence-electron chi connectivity index (χ1n) is 6.73. The van der Waals surface area contributed by atoms with Crippen molar-refractivity contribution in [3.05, 3.63) is 29.8 Å². The highest BCUT2D eigenvalue weighted by Gasteiger charge is 2.30. The van der Waals surface area contributed by atoms with Crippen LogP contribution in [0.2, 0.25) is 0 Å². The Labute approximate surface area is 109 Å². The van der Waals surface area contributed by atoms with Gasteiger partial charge in [-0.25, -0.2) is 0 Å². The molecule has 0 unspecified atom stereocenters. The molecule has 0 amide bonds. The van der Waals surface area contributed by atoms with Crippen molar-refractivity contribution in [2.24, 2.45) is 0 Å². The quantitative estimate of drug-likeness (QED) is 0.843. The smallest absolute Gasteiger partial charge is 0.118 e. The normalized spacial score (nSPS) is 19.7. The average molecular weight is 249 g/mol. The second-order valence-electron chi connectivity index (χ2n) is 5.31. The van der Waals surface area contributed by atoms with Gasteiger partial charge in [0, 0.05) is 12.6 Å². The Morgan fingerprint density at radius 2 is 1.89 bits per heavy atom. The summed E-state index contributed by atoms with van der Waals surface area (Å²) in [6, 6.07) is 8.32.